The standard InChI is InChI=1S/C24H35N7O3/c1-16-17(2)26-24(27-18(3)31(23(16)34)19-6-4-5-7-19)28-21-9-8-20(14-25-21)30-12-10-29(11-13-30)15-22(32)33/h8-9,14,16-17,19H,3-7,10-13,15H2,1-2H3,(H,32,33)(H2,25,26,27,28). The largest absolute Gasteiger partial charge is 0.480 e. The zero-order chi connectivity index (χ0) is 24.2. The van der Waals surface area contributed by atoms with Crippen molar-refractivity contribution in [2.75, 3.05) is 42.9 Å². The van der Waals surface area contributed by atoms with Crippen LogP contribution in [0.4, 0.5) is 11.5 Å². The number of carboxylic acid groups (broad SMARTS) is 1. The molecule has 34 heavy (non-hydrogen) atoms. The van der Waals surface area contributed by atoms with Crippen LogP contribution >= 0.6 is 0 Å². The second kappa shape index (κ2) is 10.4. The normalized spacial score (nSPS) is 26.5. The molecule has 184 valence electrons. The molecule has 10 nitrogen and oxygen atoms in total. The Labute approximate surface area is 200 Å². The lowest BCUT2D eigenvalue weighted by Gasteiger charge is -2.36. The maximum atomic E-state index is 13.1. The Morgan fingerprint density at radius 3 is 2.53 bits per heavy atom. The molecule has 1 saturated carbocycles. The topological polar surface area (TPSA) is 113 Å². The van der Waals surface area contributed by atoms with Gasteiger partial charge >= 0.3 is 5.97 Å². The van der Waals surface area contributed by atoms with Crippen molar-refractivity contribution >= 4 is 29.3 Å². The number of nitrogens with one attached hydrogen (secondary N) is 2. The van der Waals surface area contributed by atoms with Crippen LogP contribution in [0.2, 0.25) is 0 Å². The van der Waals surface area contributed by atoms with E-state index >= 15 is 0 Å². The van der Waals surface area contributed by atoms with Crippen molar-refractivity contribution in [1.29, 1.82) is 0 Å². The van der Waals surface area contributed by atoms with Crippen LogP contribution in [-0.2, 0) is 9.59 Å². The minimum Gasteiger partial charge on any atom is -0.480 e. The number of aromatic nitrogens is 1. The van der Waals surface area contributed by atoms with Crippen LogP contribution in [0.1, 0.15) is 39.5 Å². The summed E-state index contributed by atoms with van der Waals surface area (Å²) in [7, 11) is 0. The van der Waals surface area contributed by atoms with Crippen LogP contribution in [-0.4, -0.2) is 82.5 Å². The molecule has 3 heterocycles. The highest BCUT2D eigenvalue weighted by Gasteiger charge is 2.35. The number of piperazine rings is 1. The summed E-state index contributed by atoms with van der Waals surface area (Å²) in [6.07, 6.45) is 6.05. The highest BCUT2D eigenvalue weighted by molar-refractivity contribution is 5.95. The van der Waals surface area contributed by atoms with Crippen LogP contribution < -0.4 is 15.5 Å². The van der Waals surface area contributed by atoms with Crippen LogP contribution in [0.5, 0.6) is 0 Å². The molecule has 1 aromatic heterocycles. The number of rotatable bonds is 5. The van der Waals surface area contributed by atoms with E-state index in [1.165, 1.54) is 0 Å². The highest BCUT2D eigenvalue weighted by Crippen LogP contribution is 2.29. The fraction of sp³-hybridized carbons (Fsp3) is 0.583. The van der Waals surface area contributed by atoms with Gasteiger partial charge in [0, 0.05) is 38.3 Å². The van der Waals surface area contributed by atoms with E-state index in [0.29, 0.717) is 30.7 Å². The molecule has 1 amide bonds. The predicted molar refractivity (Wildman–Crippen MR) is 132 cm³/mol. The number of anilines is 2. The summed E-state index contributed by atoms with van der Waals surface area (Å²) in [5, 5.41) is 15.5. The maximum Gasteiger partial charge on any atom is 0.317 e. The smallest absolute Gasteiger partial charge is 0.317 e. The lowest BCUT2D eigenvalue weighted by Crippen LogP contribution is -2.51. The van der Waals surface area contributed by atoms with Crippen molar-refractivity contribution in [2.45, 2.75) is 51.6 Å². The molecular formula is C24H35N7O3. The molecular weight excluding hydrogens is 434 g/mol. The zero-order valence-corrected chi connectivity index (χ0v) is 20.0. The minimum atomic E-state index is -0.793. The molecule has 3 N–H and O–H groups in total. The number of carbonyl (C=O) groups is 2. The number of aliphatic carboxylic acids is 1. The molecule has 10 heteroatoms. The summed E-state index contributed by atoms with van der Waals surface area (Å²) in [6.45, 7) is 11.1. The Bertz CT molecular complexity index is 934. The first kappa shape index (κ1) is 24.0. The van der Waals surface area contributed by atoms with E-state index in [0.717, 1.165) is 44.5 Å². The fourth-order valence-electron chi connectivity index (χ4n) is 4.86. The van der Waals surface area contributed by atoms with Gasteiger partial charge in [-0.25, -0.2) is 4.98 Å². The minimum absolute atomic E-state index is 0.0747. The summed E-state index contributed by atoms with van der Waals surface area (Å²) in [5.41, 5.74) is 0.998. The van der Waals surface area contributed by atoms with Gasteiger partial charge in [0.2, 0.25) is 11.9 Å². The maximum absolute atomic E-state index is 13.1. The monoisotopic (exact) mass is 469 g/mol. The number of amides is 1. The third-order valence-electron chi connectivity index (χ3n) is 7.04. The molecule has 2 atom stereocenters. The van der Waals surface area contributed by atoms with E-state index in [4.69, 9.17) is 5.11 Å². The molecule has 2 aliphatic heterocycles. The van der Waals surface area contributed by atoms with Gasteiger partial charge in [-0.3, -0.25) is 19.4 Å². The van der Waals surface area contributed by atoms with Crippen LogP contribution in [0.3, 0.4) is 0 Å². The summed E-state index contributed by atoms with van der Waals surface area (Å²) in [4.78, 5) is 39.2. The van der Waals surface area contributed by atoms with Crippen molar-refractivity contribution in [3.8, 4) is 0 Å². The van der Waals surface area contributed by atoms with E-state index in [2.05, 4.69) is 32.1 Å². The van der Waals surface area contributed by atoms with Crippen molar-refractivity contribution in [2.24, 2.45) is 10.9 Å². The van der Waals surface area contributed by atoms with E-state index in [1.54, 1.807) is 4.90 Å². The Morgan fingerprint density at radius 1 is 1.21 bits per heavy atom. The first-order valence-electron chi connectivity index (χ1n) is 12.1. The van der Waals surface area contributed by atoms with Gasteiger partial charge < -0.3 is 20.6 Å². The second-order valence-electron chi connectivity index (χ2n) is 9.43. The van der Waals surface area contributed by atoms with Crippen molar-refractivity contribution in [1.82, 2.24) is 20.1 Å². The van der Waals surface area contributed by atoms with Gasteiger partial charge in [0.1, 0.15) is 11.6 Å². The molecule has 1 aromatic rings. The molecule has 1 saturated heterocycles. The van der Waals surface area contributed by atoms with Gasteiger partial charge in [-0.2, -0.15) is 4.99 Å². The Balaban J connectivity index is 1.43. The third-order valence-corrected chi connectivity index (χ3v) is 7.04. The Kier molecular flexibility index (Phi) is 7.35. The molecule has 0 aromatic carbocycles. The van der Waals surface area contributed by atoms with E-state index in [-0.39, 0.29) is 30.5 Å². The van der Waals surface area contributed by atoms with Gasteiger partial charge in [0.05, 0.1) is 24.3 Å². The molecule has 2 fully saturated rings. The quantitative estimate of drug-likeness (QED) is 0.600. The van der Waals surface area contributed by atoms with Gasteiger partial charge in [-0.05, 0) is 31.9 Å². The number of guanidine groups is 1. The molecule has 0 spiro atoms. The van der Waals surface area contributed by atoms with Gasteiger partial charge in [0.25, 0.3) is 0 Å². The predicted octanol–water partition coefficient (Wildman–Crippen LogP) is 1.93. The van der Waals surface area contributed by atoms with Crippen molar-refractivity contribution in [3.05, 3.63) is 30.7 Å². The van der Waals surface area contributed by atoms with Crippen molar-refractivity contribution in [3.63, 3.8) is 0 Å². The Morgan fingerprint density at radius 2 is 1.91 bits per heavy atom. The molecule has 4 rings (SSSR count). The average Bonchev–Trinajstić information content (AvgIpc) is 3.33. The molecule has 2 unspecified atom stereocenters. The number of pyridine rings is 1. The number of hydrogen-bond acceptors (Lipinski definition) is 8. The average molecular weight is 470 g/mol. The Hall–Kier alpha value is -3.14. The first-order valence-corrected chi connectivity index (χ1v) is 12.1. The van der Waals surface area contributed by atoms with Crippen LogP contribution in [0.15, 0.2) is 35.7 Å². The molecule has 1 aliphatic carbocycles. The molecule has 0 radical (unpaired) electrons. The van der Waals surface area contributed by atoms with Crippen LogP contribution in [0, 0.1) is 5.92 Å². The van der Waals surface area contributed by atoms with E-state index < -0.39 is 5.97 Å². The first-order chi connectivity index (χ1) is 16.3. The summed E-state index contributed by atoms with van der Waals surface area (Å²) in [6, 6.07) is 3.97. The molecule has 3 aliphatic rings. The zero-order valence-electron chi connectivity index (χ0n) is 20.0. The summed E-state index contributed by atoms with van der Waals surface area (Å²) in [5.74, 6) is 0.708. The van der Waals surface area contributed by atoms with Gasteiger partial charge in [-0.15, -0.1) is 0 Å². The summed E-state index contributed by atoms with van der Waals surface area (Å²) < 4.78 is 0. The van der Waals surface area contributed by atoms with Gasteiger partial charge in [0.15, 0.2) is 0 Å². The number of carbonyl (C=O) groups excluding carboxylic acids is 1. The lowest BCUT2D eigenvalue weighted by molar-refractivity contribution is -0.138. The summed E-state index contributed by atoms with van der Waals surface area (Å²) >= 11 is 0. The van der Waals surface area contributed by atoms with E-state index in [9.17, 15) is 9.59 Å². The van der Waals surface area contributed by atoms with Crippen LogP contribution in [0.25, 0.3) is 0 Å². The van der Waals surface area contributed by atoms with E-state index in [1.807, 2.05) is 37.1 Å². The van der Waals surface area contributed by atoms with Gasteiger partial charge in [-0.1, -0.05) is 26.3 Å². The SMILES string of the molecule is C=C1/N=C(/Nc2ccc(N3CCN(CC(=O)O)CC3)cn2)NC(C)C(C)C(=O)N1C1CCCC1. The number of aliphatic imine (C=N–C) groups is 1. The highest BCUT2D eigenvalue weighted by atomic mass is 16.4. The fourth-order valence-corrected chi connectivity index (χ4v) is 4.86. The lowest BCUT2D eigenvalue weighted by atomic mass is 10.00. The number of nitrogens with zero attached hydrogens (tertiary/aromatic N) is 5. The number of carboxylic acids is 1. The third kappa shape index (κ3) is 5.49. The van der Waals surface area contributed by atoms with Crippen molar-refractivity contribution < 1.29 is 14.7 Å². The molecule has 0 bridgehead atoms. The number of hydrogen-bond donors (Lipinski definition) is 3. The second-order valence-corrected chi connectivity index (χ2v) is 9.43.